The number of carboxylic acids is 1. The molecule has 1 aliphatic heterocycles. The van der Waals surface area contributed by atoms with Crippen LogP contribution in [-0.4, -0.2) is 34.7 Å². The zero-order valence-electron chi connectivity index (χ0n) is 12.2. The van der Waals surface area contributed by atoms with Crippen LogP contribution >= 0.6 is 0 Å². The van der Waals surface area contributed by atoms with Gasteiger partial charge >= 0.3 is 5.97 Å². The normalized spacial score (nSPS) is 23.5. The maximum absolute atomic E-state index is 11.4. The van der Waals surface area contributed by atoms with Gasteiger partial charge < -0.3 is 9.84 Å². The minimum absolute atomic E-state index is 0.316. The van der Waals surface area contributed by atoms with Crippen LogP contribution in [0.15, 0.2) is 24.3 Å². The molecule has 2 rings (SSSR count). The number of piperidine rings is 1. The van der Waals surface area contributed by atoms with Crippen molar-refractivity contribution in [1.82, 2.24) is 4.90 Å². The Balaban J connectivity index is 2.07. The molecule has 0 radical (unpaired) electrons. The molecule has 0 aromatic heterocycles. The van der Waals surface area contributed by atoms with Gasteiger partial charge in [-0.05, 0) is 50.8 Å². The number of likely N-dealkylation sites (tertiary alicyclic amines) is 1. The van der Waals surface area contributed by atoms with Crippen molar-refractivity contribution in [3.05, 3.63) is 29.8 Å². The lowest BCUT2D eigenvalue weighted by Gasteiger charge is -2.38. The van der Waals surface area contributed by atoms with Crippen LogP contribution in [-0.2, 0) is 11.3 Å². The fraction of sp³-hybridized carbons (Fsp3) is 0.562. The third kappa shape index (κ3) is 3.51. The number of hydrogen-bond acceptors (Lipinski definition) is 3. The van der Waals surface area contributed by atoms with Crippen molar-refractivity contribution in [2.75, 3.05) is 6.61 Å². The molecule has 4 heteroatoms. The van der Waals surface area contributed by atoms with Gasteiger partial charge in [-0.15, -0.1) is 0 Å². The SMILES string of the molecule is CCOc1ccc(CN2[C@@H](C)CCC[C@H]2C(=O)O)cc1. The van der Waals surface area contributed by atoms with Gasteiger partial charge in [0.25, 0.3) is 0 Å². The van der Waals surface area contributed by atoms with Gasteiger partial charge in [-0.1, -0.05) is 12.1 Å². The molecule has 1 fully saturated rings. The summed E-state index contributed by atoms with van der Waals surface area (Å²) in [7, 11) is 0. The van der Waals surface area contributed by atoms with Gasteiger partial charge in [0.2, 0.25) is 0 Å². The minimum atomic E-state index is -0.706. The molecule has 0 saturated carbocycles. The molecule has 1 N–H and O–H groups in total. The summed E-state index contributed by atoms with van der Waals surface area (Å²) < 4.78 is 5.42. The van der Waals surface area contributed by atoms with Gasteiger partial charge in [0, 0.05) is 12.6 Å². The van der Waals surface area contributed by atoms with E-state index in [1.165, 1.54) is 0 Å². The molecule has 0 aliphatic carbocycles. The molecule has 110 valence electrons. The Morgan fingerprint density at radius 1 is 1.35 bits per heavy atom. The smallest absolute Gasteiger partial charge is 0.320 e. The summed E-state index contributed by atoms with van der Waals surface area (Å²) in [5.74, 6) is 0.153. The fourth-order valence-electron chi connectivity index (χ4n) is 2.85. The molecule has 1 aliphatic rings. The molecule has 2 atom stereocenters. The molecule has 4 nitrogen and oxygen atoms in total. The molecule has 0 unspecified atom stereocenters. The number of ether oxygens (including phenoxy) is 1. The lowest BCUT2D eigenvalue weighted by Crippen LogP contribution is -2.48. The molecule has 1 saturated heterocycles. The van der Waals surface area contributed by atoms with E-state index < -0.39 is 5.97 Å². The Hall–Kier alpha value is -1.55. The monoisotopic (exact) mass is 277 g/mol. The van der Waals surface area contributed by atoms with Crippen LogP contribution in [0.25, 0.3) is 0 Å². The summed E-state index contributed by atoms with van der Waals surface area (Å²) >= 11 is 0. The van der Waals surface area contributed by atoms with Gasteiger partial charge in [0.05, 0.1) is 6.61 Å². The highest BCUT2D eigenvalue weighted by Crippen LogP contribution is 2.25. The van der Waals surface area contributed by atoms with Crippen molar-refractivity contribution in [1.29, 1.82) is 0 Å². The zero-order chi connectivity index (χ0) is 14.5. The van der Waals surface area contributed by atoms with Crippen LogP contribution < -0.4 is 4.74 Å². The van der Waals surface area contributed by atoms with Gasteiger partial charge in [0.1, 0.15) is 11.8 Å². The second-order valence-corrected chi connectivity index (χ2v) is 5.38. The van der Waals surface area contributed by atoms with Crippen LogP contribution in [0.4, 0.5) is 0 Å². The lowest BCUT2D eigenvalue weighted by molar-refractivity contribution is -0.146. The largest absolute Gasteiger partial charge is 0.494 e. The number of carbonyl (C=O) groups is 1. The van der Waals surface area contributed by atoms with Crippen LogP contribution in [0.2, 0.25) is 0 Å². The summed E-state index contributed by atoms with van der Waals surface area (Å²) in [5.41, 5.74) is 1.13. The standard InChI is InChI=1S/C16H23NO3/c1-3-20-14-9-7-13(8-10-14)11-17-12(2)5-4-6-15(17)16(18)19/h7-10,12,15H,3-6,11H2,1-2H3,(H,18,19)/t12-,15-/m0/s1. The summed E-state index contributed by atoms with van der Waals surface area (Å²) in [6, 6.07) is 7.89. The van der Waals surface area contributed by atoms with Crippen LogP contribution in [0.5, 0.6) is 5.75 Å². The average Bonchev–Trinajstić information content (AvgIpc) is 2.43. The first kappa shape index (κ1) is 14.9. The number of benzene rings is 1. The van der Waals surface area contributed by atoms with E-state index >= 15 is 0 Å². The van der Waals surface area contributed by atoms with Crippen LogP contribution in [0, 0.1) is 0 Å². The molecule has 1 aromatic rings. The zero-order valence-corrected chi connectivity index (χ0v) is 12.2. The van der Waals surface area contributed by atoms with Crippen molar-refractivity contribution in [2.45, 2.75) is 51.7 Å². The van der Waals surface area contributed by atoms with E-state index in [1.807, 2.05) is 31.2 Å². The predicted octanol–water partition coefficient (Wildman–Crippen LogP) is 2.91. The van der Waals surface area contributed by atoms with E-state index in [9.17, 15) is 9.90 Å². The molecule has 1 heterocycles. The molecular formula is C16H23NO3. The summed E-state index contributed by atoms with van der Waals surface area (Å²) in [6.45, 7) is 5.42. The van der Waals surface area contributed by atoms with Crippen molar-refractivity contribution >= 4 is 5.97 Å². The quantitative estimate of drug-likeness (QED) is 0.899. The third-order valence-electron chi connectivity index (χ3n) is 3.95. The van der Waals surface area contributed by atoms with Gasteiger partial charge in [-0.25, -0.2) is 0 Å². The number of nitrogens with zero attached hydrogens (tertiary/aromatic N) is 1. The first-order chi connectivity index (χ1) is 9.61. The van der Waals surface area contributed by atoms with E-state index in [0.717, 1.165) is 30.6 Å². The molecular weight excluding hydrogens is 254 g/mol. The summed E-state index contributed by atoms with van der Waals surface area (Å²) in [4.78, 5) is 13.5. The first-order valence-corrected chi connectivity index (χ1v) is 7.32. The number of aliphatic carboxylic acids is 1. The Morgan fingerprint density at radius 3 is 2.65 bits per heavy atom. The van der Waals surface area contributed by atoms with Crippen LogP contribution in [0.1, 0.15) is 38.7 Å². The second kappa shape index (κ2) is 6.75. The first-order valence-electron chi connectivity index (χ1n) is 7.32. The topological polar surface area (TPSA) is 49.8 Å². The highest BCUT2D eigenvalue weighted by atomic mass is 16.5. The Kier molecular flexibility index (Phi) is 5.01. The maximum atomic E-state index is 11.4. The Labute approximate surface area is 120 Å². The van der Waals surface area contributed by atoms with Gasteiger partial charge in [-0.2, -0.15) is 0 Å². The summed E-state index contributed by atoms with van der Waals surface area (Å²) in [6.07, 6.45) is 2.81. The second-order valence-electron chi connectivity index (χ2n) is 5.38. The predicted molar refractivity (Wildman–Crippen MR) is 77.9 cm³/mol. The van der Waals surface area contributed by atoms with Crippen molar-refractivity contribution < 1.29 is 14.6 Å². The van der Waals surface area contributed by atoms with Crippen molar-refractivity contribution in [3.8, 4) is 5.75 Å². The molecule has 0 spiro atoms. The van der Waals surface area contributed by atoms with Crippen molar-refractivity contribution in [2.24, 2.45) is 0 Å². The Morgan fingerprint density at radius 2 is 2.05 bits per heavy atom. The third-order valence-corrected chi connectivity index (χ3v) is 3.95. The van der Waals surface area contributed by atoms with Gasteiger partial charge in [0.15, 0.2) is 0 Å². The van der Waals surface area contributed by atoms with Gasteiger partial charge in [-0.3, -0.25) is 9.69 Å². The number of rotatable bonds is 5. The maximum Gasteiger partial charge on any atom is 0.320 e. The van der Waals surface area contributed by atoms with Crippen LogP contribution in [0.3, 0.4) is 0 Å². The highest BCUT2D eigenvalue weighted by molar-refractivity contribution is 5.73. The minimum Gasteiger partial charge on any atom is -0.494 e. The molecule has 0 amide bonds. The van der Waals surface area contributed by atoms with E-state index in [4.69, 9.17) is 4.74 Å². The van der Waals surface area contributed by atoms with E-state index in [-0.39, 0.29) is 6.04 Å². The number of hydrogen-bond donors (Lipinski definition) is 1. The van der Waals surface area contributed by atoms with Crippen molar-refractivity contribution in [3.63, 3.8) is 0 Å². The van der Waals surface area contributed by atoms with E-state index in [2.05, 4.69) is 11.8 Å². The van der Waals surface area contributed by atoms with E-state index in [1.54, 1.807) is 0 Å². The van der Waals surface area contributed by atoms with E-state index in [0.29, 0.717) is 19.2 Å². The lowest BCUT2D eigenvalue weighted by atomic mass is 9.95. The number of carboxylic acid groups (broad SMARTS) is 1. The molecule has 1 aromatic carbocycles. The highest BCUT2D eigenvalue weighted by Gasteiger charge is 2.32. The average molecular weight is 277 g/mol. The molecule has 20 heavy (non-hydrogen) atoms. The Bertz CT molecular complexity index is 444. The summed E-state index contributed by atoms with van der Waals surface area (Å²) in [5, 5.41) is 9.36. The fourth-order valence-corrected chi connectivity index (χ4v) is 2.85. The molecule has 0 bridgehead atoms.